The molecular formula is C19H12ClF5N2O2S. The maximum Gasteiger partial charge on any atom is 0.471 e. The second-order valence-corrected chi connectivity index (χ2v) is 7.48. The summed E-state index contributed by atoms with van der Waals surface area (Å²) in [6.07, 6.45) is -5.09. The number of halogens is 6. The molecule has 0 aliphatic heterocycles. The van der Waals surface area contributed by atoms with Gasteiger partial charge in [0.15, 0.2) is 11.6 Å². The van der Waals surface area contributed by atoms with Crippen LogP contribution in [0, 0.1) is 5.82 Å². The van der Waals surface area contributed by atoms with Crippen molar-refractivity contribution in [2.45, 2.75) is 6.18 Å². The maximum absolute atomic E-state index is 14.4. The SMILES string of the molecule is O=C(NC/C(=C/F)COc1ccc(-c2nc3ccc(Cl)cc3s2)cc1F)C(F)(F)F. The van der Waals surface area contributed by atoms with Gasteiger partial charge in [-0.25, -0.2) is 13.8 Å². The number of rotatable bonds is 6. The quantitative estimate of drug-likeness (QED) is 0.480. The van der Waals surface area contributed by atoms with E-state index in [-0.39, 0.29) is 17.7 Å². The summed E-state index contributed by atoms with van der Waals surface area (Å²) in [5.74, 6) is -3.21. The Hall–Kier alpha value is -2.72. The predicted octanol–water partition coefficient (Wildman–Crippen LogP) is 5.67. The van der Waals surface area contributed by atoms with E-state index in [2.05, 4.69) is 4.98 Å². The fourth-order valence-electron chi connectivity index (χ4n) is 2.36. The number of nitrogens with one attached hydrogen (secondary N) is 1. The molecule has 1 heterocycles. The lowest BCUT2D eigenvalue weighted by molar-refractivity contribution is -0.173. The number of hydrogen-bond acceptors (Lipinski definition) is 4. The fraction of sp³-hybridized carbons (Fsp3) is 0.158. The maximum atomic E-state index is 14.4. The molecule has 0 spiro atoms. The summed E-state index contributed by atoms with van der Waals surface area (Å²) >= 11 is 7.26. The van der Waals surface area contributed by atoms with Crippen LogP contribution in [-0.2, 0) is 4.79 Å². The number of fused-ring (bicyclic) bond motifs is 1. The molecule has 0 radical (unpaired) electrons. The van der Waals surface area contributed by atoms with Gasteiger partial charge in [-0.2, -0.15) is 13.2 Å². The molecule has 2 aromatic carbocycles. The Kier molecular flexibility index (Phi) is 6.57. The number of alkyl halides is 3. The predicted molar refractivity (Wildman–Crippen MR) is 104 cm³/mol. The molecule has 3 aromatic rings. The average Bonchev–Trinajstić information content (AvgIpc) is 3.11. The van der Waals surface area contributed by atoms with Gasteiger partial charge in [-0.1, -0.05) is 11.6 Å². The smallest absolute Gasteiger partial charge is 0.471 e. The van der Waals surface area contributed by atoms with E-state index in [0.717, 1.165) is 4.70 Å². The Bertz CT molecular complexity index is 1110. The fourth-order valence-corrected chi connectivity index (χ4v) is 3.60. The van der Waals surface area contributed by atoms with Gasteiger partial charge in [0.05, 0.1) is 16.5 Å². The molecule has 1 amide bonds. The van der Waals surface area contributed by atoms with Gasteiger partial charge in [0.1, 0.15) is 11.6 Å². The van der Waals surface area contributed by atoms with Crippen molar-refractivity contribution >= 4 is 39.1 Å². The number of aromatic nitrogens is 1. The van der Waals surface area contributed by atoms with Crippen molar-refractivity contribution in [3.63, 3.8) is 0 Å². The van der Waals surface area contributed by atoms with Gasteiger partial charge in [0, 0.05) is 22.7 Å². The molecule has 0 bridgehead atoms. The van der Waals surface area contributed by atoms with Crippen molar-refractivity contribution in [2.24, 2.45) is 0 Å². The van der Waals surface area contributed by atoms with Crippen LogP contribution in [-0.4, -0.2) is 30.2 Å². The zero-order valence-corrected chi connectivity index (χ0v) is 16.5. The van der Waals surface area contributed by atoms with E-state index in [4.69, 9.17) is 16.3 Å². The Labute approximate surface area is 175 Å². The summed E-state index contributed by atoms with van der Waals surface area (Å²) < 4.78 is 69.6. The van der Waals surface area contributed by atoms with Crippen LogP contribution in [0.4, 0.5) is 22.0 Å². The van der Waals surface area contributed by atoms with Crippen LogP contribution < -0.4 is 10.1 Å². The minimum Gasteiger partial charge on any atom is -0.486 e. The molecule has 1 N–H and O–H groups in total. The first kappa shape index (κ1) is 22.0. The molecule has 11 heteroatoms. The molecule has 0 fully saturated rings. The van der Waals surface area contributed by atoms with Gasteiger partial charge < -0.3 is 10.1 Å². The monoisotopic (exact) mass is 462 g/mol. The highest BCUT2D eigenvalue weighted by atomic mass is 35.5. The van der Waals surface area contributed by atoms with Gasteiger partial charge in [-0.05, 0) is 36.4 Å². The lowest BCUT2D eigenvalue weighted by atomic mass is 10.2. The molecule has 0 aliphatic rings. The number of amides is 1. The van der Waals surface area contributed by atoms with Gasteiger partial charge >= 0.3 is 12.1 Å². The van der Waals surface area contributed by atoms with Crippen molar-refractivity contribution in [2.75, 3.05) is 13.2 Å². The van der Waals surface area contributed by atoms with Crippen molar-refractivity contribution in [3.8, 4) is 16.3 Å². The van der Waals surface area contributed by atoms with Crippen molar-refractivity contribution in [1.29, 1.82) is 0 Å². The van der Waals surface area contributed by atoms with Crippen LogP contribution in [0.1, 0.15) is 0 Å². The third-order valence-corrected chi connectivity index (χ3v) is 5.13. The van der Waals surface area contributed by atoms with Crippen LogP contribution in [0.3, 0.4) is 0 Å². The summed E-state index contributed by atoms with van der Waals surface area (Å²) in [6, 6.07) is 9.20. The largest absolute Gasteiger partial charge is 0.486 e. The van der Waals surface area contributed by atoms with Crippen molar-refractivity contribution in [1.82, 2.24) is 10.3 Å². The summed E-state index contributed by atoms with van der Waals surface area (Å²) in [6.45, 7) is -1.28. The van der Waals surface area contributed by atoms with E-state index >= 15 is 0 Å². The topological polar surface area (TPSA) is 51.2 Å². The number of benzene rings is 2. The standard InChI is InChI=1S/C19H12ClF5N2O2S/c20-12-2-3-14-16(6-12)30-17(27-14)11-1-4-15(13(22)5-11)29-9-10(7-21)8-26-18(28)19(23,24)25/h1-7H,8-9H2,(H,26,28)/b10-7-. The van der Waals surface area contributed by atoms with Crippen LogP contribution in [0.5, 0.6) is 5.75 Å². The Morgan fingerprint density at radius 2 is 2.00 bits per heavy atom. The van der Waals surface area contributed by atoms with Crippen LogP contribution in [0.2, 0.25) is 5.02 Å². The number of carbonyl (C=O) groups excluding carboxylic acids is 1. The number of hydrogen-bond donors (Lipinski definition) is 1. The Morgan fingerprint density at radius 1 is 1.23 bits per heavy atom. The molecule has 30 heavy (non-hydrogen) atoms. The van der Waals surface area contributed by atoms with Gasteiger partial charge in [-0.3, -0.25) is 4.79 Å². The molecule has 0 unspecified atom stereocenters. The van der Waals surface area contributed by atoms with Crippen LogP contribution in [0.25, 0.3) is 20.8 Å². The summed E-state index contributed by atoms with van der Waals surface area (Å²) in [4.78, 5) is 15.2. The van der Waals surface area contributed by atoms with Crippen molar-refractivity contribution < 1.29 is 31.5 Å². The third kappa shape index (κ3) is 5.25. The highest BCUT2D eigenvalue weighted by Gasteiger charge is 2.38. The van der Waals surface area contributed by atoms with E-state index in [1.807, 2.05) is 0 Å². The first-order chi connectivity index (χ1) is 14.2. The lowest BCUT2D eigenvalue weighted by Crippen LogP contribution is -2.38. The summed E-state index contributed by atoms with van der Waals surface area (Å²) in [7, 11) is 0. The zero-order valence-electron chi connectivity index (χ0n) is 14.9. The van der Waals surface area contributed by atoms with E-state index in [0.29, 0.717) is 21.1 Å². The Balaban J connectivity index is 1.67. The molecule has 158 valence electrons. The zero-order chi connectivity index (χ0) is 21.9. The van der Waals surface area contributed by atoms with E-state index in [9.17, 15) is 26.7 Å². The second-order valence-electron chi connectivity index (χ2n) is 6.01. The molecule has 0 saturated heterocycles. The Morgan fingerprint density at radius 3 is 2.67 bits per heavy atom. The molecule has 0 saturated carbocycles. The van der Waals surface area contributed by atoms with E-state index < -0.39 is 31.1 Å². The number of carbonyl (C=O) groups is 1. The highest BCUT2D eigenvalue weighted by Crippen LogP contribution is 2.33. The minimum absolute atomic E-state index is 0.00478. The molecule has 0 aliphatic carbocycles. The number of nitrogens with zero attached hydrogens (tertiary/aromatic N) is 1. The van der Waals surface area contributed by atoms with E-state index in [1.165, 1.54) is 28.8 Å². The summed E-state index contributed by atoms with van der Waals surface area (Å²) in [5.41, 5.74) is 0.883. The van der Waals surface area contributed by atoms with Crippen LogP contribution >= 0.6 is 22.9 Å². The first-order valence-electron chi connectivity index (χ1n) is 8.29. The van der Waals surface area contributed by atoms with Crippen LogP contribution in [0.15, 0.2) is 48.3 Å². The summed E-state index contributed by atoms with van der Waals surface area (Å²) in [5, 5.41) is 2.61. The number of ether oxygens (including phenoxy) is 1. The molecule has 3 rings (SSSR count). The highest BCUT2D eigenvalue weighted by molar-refractivity contribution is 7.21. The minimum atomic E-state index is -5.09. The second kappa shape index (κ2) is 8.97. The van der Waals surface area contributed by atoms with E-state index in [1.54, 1.807) is 24.3 Å². The number of thiazole rings is 1. The average molecular weight is 463 g/mol. The third-order valence-electron chi connectivity index (χ3n) is 3.83. The lowest BCUT2D eigenvalue weighted by Gasteiger charge is -2.12. The normalized spacial score (nSPS) is 12.3. The molecule has 4 nitrogen and oxygen atoms in total. The molecular weight excluding hydrogens is 451 g/mol. The first-order valence-corrected chi connectivity index (χ1v) is 9.49. The van der Waals surface area contributed by atoms with Gasteiger partial charge in [0.2, 0.25) is 0 Å². The van der Waals surface area contributed by atoms with Gasteiger partial charge in [0.25, 0.3) is 0 Å². The van der Waals surface area contributed by atoms with Crippen molar-refractivity contribution in [3.05, 3.63) is 59.1 Å². The molecule has 0 atom stereocenters. The molecule has 1 aromatic heterocycles. The van der Waals surface area contributed by atoms with Gasteiger partial charge in [-0.15, -0.1) is 11.3 Å².